The second-order valence-electron chi connectivity index (χ2n) is 4.36. The molecule has 7 heteroatoms. The Bertz CT molecular complexity index is 520. The van der Waals surface area contributed by atoms with E-state index in [1.165, 1.54) is 6.07 Å². The molecule has 0 radical (unpaired) electrons. The molecule has 114 valence electrons. The van der Waals surface area contributed by atoms with Crippen molar-refractivity contribution in [3.05, 3.63) is 29.6 Å². The van der Waals surface area contributed by atoms with Crippen molar-refractivity contribution < 1.29 is 17.9 Å². The van der Waals surface area contributed by atoms with E-state index in [1.807, 2.05) is 6.26 Å². The van der Waals surface area contributed by atoms with Gasteiger partial charge < -0.3 is 5.11 Å². The number of nitrogens with one attached hydrogen (secondary N) is 1. The molecule has 1 aromatic rings. The highest BCUT2D eigenvalue weighted by Crippen LogP contribution is 2.17. The summed E-state index contributed by atoms with van der Waals surface area (Å²) < 4.78 is 39.7. The smallest absolute Gasteiger partial charge is 0.241 e. The van der Waals surface area contributed by atoms with E-state index in [2.05, 4.69) is 4.72 Å². The second kappa shape index (κ2) is 8.61. The van der Waals surface area contributed by atoms with Gasteiger partial charge in [0.2, 0.25) is 10.0 Å². The van der Waals surface area contributed by atoms with E-state index in [-0.39, 0.29) is 10.5 Å². The Morgan fingerprint density at radius 2 is 2.05 bits per heavy atom. The van der Waals surface area contributed by atoms with Crippen molar-refractivity contribution in [1.29, 1.82) is 0 Å². The molecule has 0 aromatic heterocycles. The summed E-state index contributed by atoms with van der Waals surface area (Å²) in [7, 11) is -3.77. The Hall–Kier alpha value is -0.630. The lowest BCUT2D eigenvalue weighted by Crippen LogP contribution is -2.26. The summed E-state index contributed by atoms with van der Waals surface area (Å²) in [6, 6.07) is 3.34. The SMILES string of the molecule is CSCCCCCNS(=O)(=O)c1cc(F)ccc1CO. The van der Waals surface area contributed by atoms with Gasteiger partial charge in [0.25, 0.3) is 0 Å². The first-order valence-corrected chi connectivity index (χ1v) is 9.27. The molecule has 0 unspecified atom stereocenters. The van der Waals surface area contributed by atoms with Gasteiger partial charge in [0.05, 0.1) is 11.5 Å². The highest BCUT2D eigenvalue weighted by Gasteiger charge is 2.18. The third-order valence-electron chi connectivity index (χ3n) is 2.81. The predicted octanol–water partition coefficient (Wildman–Crippen LogP) is 2.13. The van der Waals surface area contributed by atoms with Crippen LogP contribution in [0.25, 0.3) is 0 Å². The van der Waals surface area contributed by atoms with Crippen molar-refractivity contribution in [2.24, 2.45) is 0 Å². The first kappa shape index (κ1) is 17.4. The molecule has 0 bridgehead atoms. The van der Waals surface area contributed by atoms with E-state index >= 15 is 0 Å². The zero-order valence-electron chi connectivity index (χ0n) is 11.4. The summed E-state index contributed by atoms with van der Waals surface area (Å²) in [4.78, 5) is -0.191. The van der Waals surface area contributed by atoms with Gasteiger partial charge in [0, 0.05) is 6.54 Å². The van der Waals surface area contributed by atoms with Crippen LogP contribution in [0.1, 0.15) is 24.8 Å². The molecule has 0 fully saturated rings. The molecule has 0 atom stereocenters. The lowest BCUT2D eigenvalue weighted by Gasteiger charge is -2.10. The Labute approximate surface area is 123 Å². The average Bonchev–Trinajstić information content (AvgIpc) is 2.42. The summed E-state index contributed by atoms with van der Waals surface area (Å²) >= 11 is 1.76. The van der Waals surface area contributed by atoms with Crippen LogP contribution in [0.4, 0.5) is 4.39 Å². The van der Waals surface area contributed by atoms with E-state index in [4.69, 9.17) is 5.11 Å². The fraction of sp³-hybridized carbons (Fsp3) is 0.538. The quantitative estimate of drug-likeness (QED) is 0.684. The van der Waals surface area contributed by atoms with Crippen LogP contribution in [0.2, 0.25) is 0 Å². The topological polar surface area (TPSA) is 66.4 Å². The number of thioether (sulfide) groups is 1. The van der Waals surface area contributed by atoms with Gasteiger partial charge in [-0.3, -0.25) is 0 Å². The van der Waals surface area contributed by atoms with Crippen molar-refractivity contribution >= 4 is 21.8 Å². The summed E-state index contributed by atoms with van der Waals surface area (Å²) in [6.45, 7) is -0.123. The average molecular weight is 321 g/mol. The number of aliphatic hydroxyl groups excluding tert-OH is 1. The standard InChI is InChI=1S/C13H20FNO3S2/c1-19-8-4-2-3-7-15-20(17,18)13-9-12(14)6-5-11(13)10-16/h5-6,9,15-16H,2-4,7-8,10H2,1H3. The second-order valence-corrected chi connectivity index (χ2v) is 7.08. The summed E-state index contributed by atoms with van der Waals surface area (Å²) in [6.07, 6.45) is 4.76. The highest BCUT2D eigenvalue weighted by atomic mass is 32.2. The maximum absolute atomic E-state index is 13.2. The Balaban J connectivity index is 2.62. The van der Waals surface area contributed by atoms with Crippen LogP contribution >= 0.6 is 11.8 Å². The van der Waals surface area contributed by atoms with Gasteiger partial charge in [-0.25, -0.2) is 17.5 Å². The Morgan fingerprint density at radius 1 is 1.30 bits per heavy atom. The molecule has 20 heavy (non-hydrogen) atoms. The number of hydrogen-bond donors (Lipinski definition) is 2. The molecule has 2 N–H and O–H groups in total. The van der Waals surface area contributed by atoms with Gasteiger partial charge in [-0.05, 0) is 42.5 Å². The predicted molar refractivity (Wildman–Crippen MR) is 79.7 cm³/mol. The number of halogens is 1. The first-order chi connectivity index (χ1) is 9.51. The monoisotopic (exact) mass is 321 g/mol. The first-order valence-electron chi connectivity index (χ1n) is 6.39. The van der Waals surface area contributed by atoms with Crippen LogP contribution in [0, 0.1) is 5.82 Å². The van der Waals surface area contributed by atoms with Crippen LogP contribution in [-0.4, -0.2) is 32.1 Å². The molecule has 0 spiro atoms. The normalized spacial score (nSPS) is 11.8. The lowest BCUT2D eigenvalue weighted by atomic mass is 10.2. The van der Waals surface area contributed by atoms with Crippen LogP contribution in [0.3, 0.4) is 0 Å². The van der Waals surface area contributed by atoms with Gasteiger partial charge in [-0.1, -0.05) is 12.5 Å². The van der Waals surface area contributed by atoms with E-state index in [0.717, 1.165) is 37.1 Å². The number of benzene rings is 1. The van der Waals surface area contributed by atoms with Crippen molar-refractivity contribution in [2.45, 2.75) is 30.8 Å². The molecule has 0 heterocycles. The van der Waals surface area contributed by atoms with Crippen LogP contribution in [0.15, 0.2) is 23.1 Å². The number of hydrogen-bond acceptors (Lipinski definition) is 4. The molecule has 1 rings (SSSR count). The molecule has 0 aliphatic carbocycles. The van der Waals surface area contributed by atoms with E-state index in [9.17, 15) is 12.8 Å². The maximum atomic E-state index is 13.2. The number of rotatable bonds is 9. The third kappa shape index (κ3) is 5.40. The van der Waals surface area contributed by atoms with Crippen molar-refractivity contribution in [3.63, 3.8) is 0 Å². The van der Waals surface area contributed by atoms with Crippen LogP contribution in [-0.2, 0) is 16.6 Å². The van der Waals surface area contributed by atoms with E-state index in [1.54, 1.807) is 11.8 Å². The fourth-order valence-electron chi connectivity index (χ4n) is 1.74. The lowest BCUT2D eigenvalue weighted by molar-refractivity contribution is 0.278. The minimum atomic E-state index is -3.77. The zero-order valence-corrected chi connectivity index (χ0v) is 13.1. The van der Waals surface area contributed by atoms with Crippen molar-refractivity contribution in [3.8, 4) is 0 Å². The molecule has 1 aromatic carbocycles. The van der Waals surface area contributed by atoms with Crippen LogP contribution in [0.5, 0.6) is 0 Å². The van der Waals surface area contributed by atoms with E-state index in [0.29, 0.717) is 6.54 Å². The number of aliphatic hydroxyl groups is 1. The summed E-state index contributed by atoms with van der Waals surface area (Å²) in [5, 5.41) is 9.12. The van der Waals surface area contributed by atoms with E-state index < -0.39 is 22.4 Å². The van der Waals surface area contributed by atoms with Gasteiger partial charge in [0.15, 0.2) is 0 Å². The minimum absolute atomic E-state index is 0.191. The fourth-order valence-corrected chi connectivity index (χ4v) is 3.55. The summed E-state index contributed by atoms with van der Waals surface area (Å²) in [5.41, 5.74) is 0.196. The molecule has 0 aliphatic rings. The Morgan fingerprint density at radius 3 is 2.70 bits per heavy atom. The molecule has 4 nitrogen and oxygen atoms in total. The molecule has 0 saturated carbocycles. The molecular formula is C13H20FNO3S2. The third-order valence-corrected chi connectivity index (χ3v) is 5.05. The van der Waals surface area contributed by atoms with Crippen molar-refractivity contribution in [1.82, 2.24) is 4.72 Å². The molecule has 0 saturated heterocycles. The van der Waals surface area contributed by atoms with Gasteiger partial charge in [-0.2, -0.15) is 11.8 Å². The number of unbranched alkanes of at least 4 members (excludes halogenated alkanes) is 2. The van der Waals surface area contributed by atoms with Gasteiger partial charge in [0.1, 0.15) is 5.82 Å². The van der Waals surface area contributed by atoms with Crippen LogP contribution < -0.4 is 4.72 Å². The highest BCUT2D eigenvalue weighted by molar-refractivity contribution is 7.98. The van der Waals surface area contributed by atoms with Gasteiger partial charge in [-0.15, -0.1) is 0 Å². The molecule has 0 amide bonds. The van der Waals surface area contributed by atoms with Crippen molar-refractivity contribution in [2.75, 3.05) is 18.6 Å². The minimum Gasteiger partial charge on any atom is -0.392 e. The zero-order chi connectivity index (χ0) is 15.0. The Kier molecular flexibility index (Phi) is 7.50. The maximum Gasteiger partial charge on any atom is 0.241 e. The molecule has 0 aliphatic heterocycles. The summed E-state index contributed by atoms with van der Waals surface area (Å²) in [5.74, 6) is 0.424. The largest absolute Gasteiger partial charge is 0.392 e. The van der Waals surface area contributed by atoms with Gasteiger partial charge >= 0.3 is 0 Å². The molecular weight excluding hydrogens is 301 g/mol. The number of sulfonamides is 1.